The lowest BCUT2D eigenvalue weighted by atomic mass is 10.0. The number of hydrogen-bond acceptors (Lipinski definition) is 6. The molecule has 0 aromatic rings. The molecule has 0 amide bonds. The Bertz CT molecular complexity index is 1720. The maximum atomic E-state index is 13.0. The van der Waals surface area contributed by atoms with Gasteiger partial charge in [0.25, 0.3) is 0 Å². The average molecular weight is 1120 g/mol. The van der Waals surface area contributed by atoms with Crippen LogP contribution in [0.5, 0.6) is 0 Å². The van der Waals surface area contributed by atoms with Crippen LogP contribution in [0.25, 0.3) is 0 Å². The molecule has 1 unspecified atom stereocenters. The Hall–Kier alpha value is -4.45. The topological polar surface area (TPSA) is 78.9 Å². The van der Waals surface area contributed by atoms with Crippen molar-refractivity contribution in [3.8, 4) is 0 Å². The molecule has 6 heteroatoms. The standard InChI is InChI=1S/C75H124O6/c1-4-7-10-13-16-19-22-25-28-31-33-35-36-37-38-40-41-44-47-50-53-56-59-62-65-68-74(77)80-71-72(70-79-73(76)67-64-61-58-55-52-49-46-43-30-27-24-21-18-15-12-9-6-3)81-75(78)69-66-63-60-57-54-51-48-45-42-39-34-32-29-26-23-20-17-14-11-8-5-2/h7-12,16-21,25-30,33-35,39,72H,4-6,13-15,22-24,31-32,36-38,40-71H2,1-3H3/b10-7-,11-8-,12-9-,19-16-,20-17-,21-18-,28-25-,29-26-,30-27-,35-33-,39-34-. The minimum atomic E-state index is -0.794. The van der Waals surface area contributed by atoms with E-state index < -0.39 is 6.10 Å². The van der Waals surface area contributed by atoms with Crippen molar-refractivity contribution < 1.29 is 28.6 Å². The fraction of sp³-hybridized carbons (Fsp3) is 0.667. The molecule has 0 aliphatic rings. The summed E-state index contributed by atoms with van der Waals surface area (Å²) in [5, 5.41) is 0. The number of ether oxygens (including phenoxy) is 3. The van der Waals surface area contributed by atoms with Crippen molar-refractivity contribution in [1.82, 2.24) is 0 Å². The van der Waals surface area contributed by atoms with Gasteiger partial charge in [-0.3, -0.25) is 14.4 Å². The molecule has 0 heterocycles. The maximum Gasteiger partial charge on any atom is 0.306 e. The van der Waals surface area contributed by atoms with E-state index in [2.05, 4.69) is 154 Å². The van der Waals surface area contributed by atoms with Crippen LogP contribution in [0.15, 0.2) is 134 Å². The summed E-state index contributed by atoms with van der Waals surface area (Å²) >= 11 is 0. The lowest BCUT2D eigenvalue weighted by molar-refractivity contribution is -0.167. The highest BCUT2D eigenvalue weighted by atomic mass is 16.6. The molecule has 0 saturated heterocycles. The van der Waals surface area contributed by atoms with Crippen molar-refractivity contribution in [3.05, 3.63) is 134 Å². The van der Waals surface area contributed by atoms with Gasteiger partial charge in [0.1, 0.15) is 13.2 Å². The largest absolute Gasteiger partial charge is 0.462 e. The summed E-state index contributed by atoms with van der Waals surface area (Å²) < 4.78 is 17.0. The normalized spacial score (nSPS) is 13.0. The van der Waals surface area contributed by atoms with Gasteiger partial charge in [-0.05, 0) is 128 Å². The first kappa shape index (κ1) is 76.5. The Morgan fingerprint density at radius 3 is 0.691 bits per heavy atom. The molecule has 0 fully saturated rings. The van der Waals surface area contributed by atoms with E-state index in [0.717, 1.165) is 141 Å². The van der Waals surface area contributed by atoms with Crippen LogP contribution in [0.3, 0.4) is 0 Å². The third kappa shape index (κ3) is 66.2. The van der Waals surface area contributed by atoms with Gasteiger partial charge in [0.05, 0.1) is 0 Å². The average Bonchev–Trinajstić information content (AvgIpc) is 3.47. The molecule has 0 aliphatic heterocycles. The first-order valence-electron chi connectivity index (χ1n) is 33.7. The molecule has 1 atom stereocenters. The van der Waals surface area contributed by atoms with Gasteiger partial charge in [-0.25, -0.2) is 0 Å². The van der Waals surface area contributed by atoms with Crippen LogP contribution in [0, 0.1) is 0 Å². The predicted molar refractivity (Wildman–Crippen MR) is 353 cm³/mol. The van der Waals surface area contributed by atoms with Gasteiger partial charge in [-0.2, -0.15) is 0 Å². The number of rotatable bonds is 60. The number of hydrogen-bond donors (Lipinski definition) is 0. The molecule has 6 nitrogen and oxygen atoms in total. The van der Waals surface area contributed by atoms with Gasteiger partial charge in [0.15, 0.2) is 6.10 Å². The zero-order chi connectivity index (χ0) is 58.5. The van der Waals surface area contributed by atoms with E-state index >= 15 is 0 Å². The fourth-order valence-corrected chi connectivity index (χ4v) is 9.21. The molecule has 0 saturated carbocycles. The summed E-state index contributed by atoms with van der Waals surface area (Å²) in [6.45, 7) is 6.31. The number of esters is 3. The molecule has 0 aromatic heterocycles. The van der Waals surface area contributed by atoms with Crippen molar-refractivity contribution in [1.29, 1.82) is 0 Å². The second-order valence-electron chi connectivity index (χ2n) is 21.9. The summed E-state index contributed by atoms with van der Waals surface area (Å²) in [4.78, 5) is 38.5. The zero-order valence-electron chi connectivity index (χ0n) is 52.8. The van der Waals surface area contributed by atoms with Crippen LogP contribution in [0.2, 0.25) is 0 Å². The zero-order valence-corrected chi connectivity index (χ0v) is 52.8. The number of carbonyl (C=O) groups is 3. The van der Waals surface area contributed by atoms with Gasteiger partial charge in [0, 0.05) is 19.3 Å². The monoisotopic (exact) mass is 1120 g/mol. The van der Waals surface area contributed by atoms with Gasteiger partial charge in [-0.1, -0.05) is 289 Å². The number of allylic oxidation sites excluding steroid dienone is 22. The molecule has 0 spiro atoms. The van der Waals surface area contributed by atoms with E-state index in [-0.39, 0.29) is 31.1 Å². The minimum absolute atomic E-state index is 0.0881. The van der Waals surface area contributed by atoms with Crippen molar-refractivity contribution in [3.63, 3.8) is 0 Å². The van der Waals surface area contributed by atoms with Crippen molar-refractivity contribution in [2.75, 3.05) is 13.2 Å². The van der Waals surface area contributed by atoms with Crippen LogP contribution in [-0.4, -0.2) is 37.2 Å². The Balaban J connectivity index is 4.39. The minimum Gasteiger partial charge on any atom is -0.462 e. The molecular formula is C75H124O6. The van der Waals surface area contributed by atoms with Gasteiger partial charge >= 0.3 is 17.9 Å². The Labute approximate surface area is 500 Å². The molecule has 0 aliphatic carbocycles. The Morgan fingerprint density at radius 2 is 0.444 bits per heavy atom. The quantitative estimate of drug-likeness (QED) is 0.0261. The Kier molecular flexibility index (Phi) is 64.3. The van der Waals surface area contributed by atoms with Crippen molar-refractivity contribution in [2.24, 2.45) is 0 Å². The number of carbonyl (C=O) groups excluding carboxylic acids is 3. The number of unbranched alkanes of at least 4 members (excludes halogenated alkanes) is 27. The summed E-state index contributed by atoms with van der Waals surface area (Å²) in [7, 11) is 0. The van der Waals surface area contributed by atoms with Gasteiger partial charge in [0.2, 0.25) is 0 Å². The summed E-state index contributed by atoms with van der Waals surface area (Å²) in [5.74, 6) is -0.901. The molecule has 0 aromatic carbocycles. The van der Waals surface area contributed by atoms with E-state index in [9.17, 15) is 14.4 Å². The van der Waals surface area contributed by atoms with Crippen LogP contribution in [0.1, 0.15) is 303 Å². The summed E-state index contributed by atoms with van der Waals surface area (Å²) in [5.41, 5.74) is 0. The van der Waals surface area contributed by atoms with Crippen LogP contribution in [-0.2, 0) is 28.6 Å². The second kappa shape index (κ2) is 68.1. The molecule has 81 heavy (non-hydrogen) atoms. The highest BCUT2D eigenvalue weighted by molar-refractivity contribution is 5.71. The fourth-order valence-electron chi connectivity index (χ4n) is 9.21. The highest BCUT2D eigenvalue weighted by Crippen LogP contribution is 2.16. The SMILES string of the molecule is CC/C=C\C/C=C\C/C=C\C/C=C\CCCCCCCCCCCCCCC(=O)OCC(COC(=O)CCCCCCCCC/C=C\C/C=C\C/C=C\CC)OC(=O)CCCCCCCCCC/C=C\C/C=C\C/C=C\C/C=C\CC. The van der Waals surface area contributed by atoms with Crippen LogP contribution >= 0.6 is 0 Å². The lowest BCUT2D eigenvalue weighted by Crippen LogP contribution is -2.30. The van der Waals surface area contributed by atoms with E-state index in [1.54, 1.807) is 0 Å². The lowest BCUT2D eigenvalue weighted by Gasteiger charge is -2.18. The van der Waals surface area contributed by atoms with Crippen molar-refractivity contribution >= 4 is 17.9 Å². The van der Waals surface area contributed by atoms with E-state index in [4.69, 9.17) is 14.2 Å². The maximum absolute atomic E-state index is 13.0. The molecule has 0 radical (unpaired) electrons. The third-order valence-electron chi connectivity index (χ3n) is 14.1. The third-order valence-corrected chi connectivity index (χ3v) is 14.1. The molecule has 460 valence electrons. The smallest absolute Gasteiger partial charge is 0.306 e. The van der Waals surface area contributed by atoms with E-state index in [1.165, 1.54) is 122 Å². The van der Waals surface area contributed by atoms with E-state index in [0.29, 0.717) is 19.3 Å². The highest BCUT2D eigenvalue weighted by Gasteiger charge is 2.19. The molecular weight excluding hydrogens is 997 g/mol. The predicted octanol–water partition coefficient (Wildman–Crippen LogP) is 23.3. The summed E-state index contributed by atoms with van der Waals surface area (Å²) in [6, 6.07) is 0. The summed E-state index contributed by atoms with van der Waals surface area (Å²) in [6.07, 6.45) is 96.0. The Morgan fingerprint density at radius 1 is 0.247 bits per heavy atom. The van der Waals surface area contributed by atoms with E-state index in [1.807, 2.05) is 0 Å². The molecule has 0 rings (SSSR count). The molecule has 0 bridgehead atoms. The first-order valence-corrected chi connectivity index (χ1v) is 33.7. The van der Waals surface area contributed by atoms with Gasteiger partial charge in [-0.15, -0.1) is 0 Å². The first-order chi connectivity index (χ1) is 40.0. The van der Waals surface area contributed by atoms with Crippen LogP contribution < -0.4 is 0 Å². The molecule has 0 N–H and O–H groups in total. The van der Waals surface area contributed by atoms with Gasteiger partial charge < -0.3 is 14.2 Å². The second-order valence-corrected chi connectivity index (χ2v) is 21.9. The van der Waals surface area contributed by atoms with Crippen molar-refractivity contribution in [2.45, 2.75) is 309 Å². The van der Waals surface area contributed by atoms with Crippen LogP contribution in [0.4, 0.5) is 0 Å².